The minimum atomic E-state index is -0.578. The molecule has 4 aliphatic rings. The van der Waals surface area contributed by atoms with Crippen molar-refractivity contribution in [1.29, 1.82) is 0 Å². The van der Waals surface area contributed by atoms with Crippen LogP contribution in [0.25, 0.3) is 11.1 Å². The molecule has 0 spiro atoms. The lowest BCUT2D eigenvalue weighted by atomic mass is 9.52. The molecule has 8 aromatic carbocycles. The predicted octanol–water partition coefficient (Wildman–Crippen LogP) is 13.9. The van der Waals surface area contributed by atoms with Gasteiger partial charge in [0.15, 0.2) is 0 Å². The first-order valence-electron chi connectivity index (χ1n) is 20.4. The van der Waals surface area contributed by atoms with Gasteiger partial charge in [0.1, 0.15) is 0 Å². The maximum atomic E-state index is 2.44. The Morgan fingerprint density at radius 2 is 0.966 bits per heavy atom. The predicted molar refractivity (Wildman–Crippen MR) is 240 cm³/mol. The van der Waals surface area contributed by atoms with Crippen molar-refractivity contribution in [3.8, 4) is 11.1 Å². The molecule has 0 amide bonds. The minimum Gasteiger partial charge on any atom is -0.311 e. The van der Waals surface area contributed by atoms with Gasteiger partial charge in [-0.25, -0.2) is 0 Å². The van der Waals surface area contributed by atoms with Gasteiger partial charge in [0.25, 0.3) is 0 Å². The van der Waals surface area contributed by atoms with E-state index >= 15 is 0 Å². The fourth-order valence-electron chi connectivity index (χ4n) is 10.9. The minimum absolute atomic E-state index is 0.434. The van der Waals surface area contributed by atoms with Crippen molar-refractivity contribution in [2.45, 2.75) is 28.1 Å². The molecular formula is C56H39NS. The quantitative estimate of drug-likeness (QED) is 0.166. The number of hydrogen-bond acceptors (Lipinski definition) is 2. The molecule has 0 aromatic heterocycles. The third kappa shape index (κ3) is 4.55. The highest BCUT2D eigenvalue weighted by Gasteiger charge is 2.57. The smallest absolute Gasteiger partial charge is 0.0720 e. The number of benzene rings is 8. The zero-order valence-electron chi connectivity index (χ0n) is 31.9. The summed E-state index contributed by atoms with van der Waals surface area (Å²) in [5.74, 6) is 0.434. The molecule has 0 saturated carbocycles. The highest BCUT2D eigenvalue weighted by molar-refractivity contribution is 8.03. The van der Waals surface area contributed by atoms with Crippen LogP contribution in [0, 0.1) is 0 Å². The third-order valence-corrected chi connectivity index (χ3v) is 14.4. The highest BCUT2D eigenvalue weighted by Crippen LogP contribution is 2.65. The molecule has 3 aliphatic carbocycles. The Bertz CT molecular complexity index is 2950. The van der Waals surface area contributed by atoms with Crippen LogP contribution in [-0.4, -0.2) is 0 Å². The second-order valence-corrected chi connectivity index (χ2v) is 17.0. The lowest BCUT2D eigenvalue weighted by Crippen LogP contribution is -2.44. The van der Waals surface area contributed by atoms with Crippen molar-refractivity contribution >= 4 is 23.1 Å². The summed E-state index contributed by atoms with van der Waals surface area (Å²) in [6.07, 6.45) is 5.86. The lowest BCUT2D eigenvalue weighted by molar-refractivity contribution is 0.626. The van der Waals surface area contributed by atoms with Crippen molar-refractivity contribution in [1.82, 2.24) is 0 Å². The number of para-hydroxylation sites is 1. The van der Waals surface area contributed by atoms with Crippen LogP contribution in [0.15, 0.2) is 234 Å². The number of nitrogens with zero attached hydrogens (tertiary/aromatic N) is 1. The Kier molecular flexibility index (Phi) is 7.49. The number of anilines is 2. The first-order chi connectivity index (χ1) is 28.8. The van der Waals surface area contributed by atoms with E-state index in [4.69, 9.17) is 0 Å². The molecule has 2 heteroatoms. The maximum absolute atomic E-state index is 2.44. The largest absolute Gasteiger partial charge is 0.311 e. The molecule has 0 bridgehead atoms. The van der Waals surface area contributed by atoms with Crippen molar-refractivity contribution in [2.75, 3.05) is 4.90 Å². The Morgan fingerprint density at radius 3 is 1.71 bits per heavy atom. The average molecular weight is 758 g/mol. The second kappa shape index (κ2) is 13.0. The summed E-state index contributed by atoms with van der Waals surface area (Å²) in [5, 5.41) is 0. The first-order valence-corrected chi connectivity index (χ1v) is 21.2. The summed E-state index contributed by atoms with van der Waals surface area (Å²) < 4.78 is 0. The van der Waals surface area contributed by atoms with Crippen LogP contribution in [0.3, 0.4) is 0 Å². The summed E-state index contributed by atoms with van der Waals surface area (Å²) in [5.41, 5.74) is 17.2. The van der Waals surface area contributed by atoms with E-state index in [1.165, 1.54) is 76.7 Å². The molecule has 12 rings (SSSR count). The Balaban J connectivity index is 1.09. The van der Waals surface area contributed by atoms with Gasteiger partial charge in [-0.3, -0.25) is 0 Å². The van der Waals surface area contributed by atoms with Gasteiger partial charge in [-0.15, -0.1) is 0 Å². The van der Waals surface area contributed by atoms with Crippen LogP contribution in [0.4, 0.5) is 11.4 Å². The molecule has 58 heavy (non-hydrogen) atoms. The molecule has 3 atom stereocenters. The second-order valence-electron chi connectivity index (χ2n) is 15.9. The van der Waals surface area contributed by atoms with Gasteiger partial charge in [0.2, 0.25) is 0 Å². The van der Waals surface area contributed by atoms with Crippen LogP contribution < -0.4 is 4.90 Å². The van der Waals surface area contributed by atoms with Crippen LogP contribution in [0.1, 0.15) is 62.4 Å². The third-order valence-electron chi connectivity index (χ3n) is 13.2. The molecule has 1 aliphatic heterocycles. The molecular weight excluding hydrogens is 719 g/mol. The topological polar surface area (TPSA) is 3.24 Å². The first kappa shape index (κ1) is 33.5. The zero-order chi connectivity index (χ0) is 38.3. The fraction of sp³-hybridized carbons (Fsp3) is 0.0714. The molecule has 1 nitrogen and oxygen atoms in total. The number of thioether (sulfide) groups is 1. The molecule has 0 radical (unpaired) electrons. The normalized spacial score (nSPS) is 20.4. The van der Waals surface area contributed by atoms with E-state index in [0.717, 1.165) is 17.8 Å². The number of fused-ring (bicyclic) bond motifs is 8. The van der Waals surface area contributed by atoms with Crippen LogP contribution in [0.5, 0.6) is 0 Å². The fourth-order valence-corrected chi connectivity index (χ4v) is 12.2. The molecule has 8 aromatic rings. The standard InChI is InChI=1S/C56H39NS/c1-4-17-38(18-5-1)55(40-31-33-42(34-32-40)57(41-21-8-3-9-22-41)43-35-36-46-45-24-11-15-30-52(45)58-53(46)37-43)49-27-13-14-28-50(49)56(39-19-6-2-7-20-39)48-26-12-10-23-44(48)47-25-16-29-51(55)54(47)56/h1-35,37,46H,36H2. The van der Waals surface area contributed by atoms with E-state index in [-0.39, 0.29) is 0 Å². The summed E-state index contributed by atoms with van der Waals surface area (Å²) in [7, 11) is 0. The molecule has 274 valence electrons. The van der Waals surface area contributed by atoms with Gasteiger partial charge in [-0.1, -0.05) is 194 Å². The Morgan fingerprint density at radius 1 is 0.431 bits per heavy atom. The molecule has 0 N–H and O–H groups in total. The van der Waals surface area contributed by atoms with E-state index in [1.807, 2.05) is 11.8 Å². The molecule has 3 unspecified atom stereocenters. The van der Waals surface area contributed by atoms with Crippen LogP contribution in [0.2, 0.25) is 0 Å². The van der Waals surface area contributed by atoms with E-state index in [2.05, 4.69) is 223 Å². The van der Waals surface area contributed by atoms with Crippen molar-refractivity contribution in [3.63, 3.8) is 0 Å². The van der Waals surface area contributed by atoms with Crippen molar-refractivity contribution in [3.05, 3.63) is 279 Å². The van der Waals surface area contributed by atoms with Gasteiger partial charge in [-0.2, -0.15) is 0 Å². The lowest BCUT2D eigenvalue weighted by Gasteiger charge is -2.49. The summed E-state index contributed by atoms with van der Waals surface area (Å²) in [6, 6.07) is 77.2. The summed E-state index contributed by atoms with van der Waals surface area (Å²) >= 11 is 1.93. The van der Waals surface area contributed by atoms with Gasteiger partial charge < -0.3 is 4.90 Å². The van der Waals surface area contributed by atoms with E-state index in [1.54, 1.807) is 0 Å². The molecule has 0 saturated heterocycles. The monoisotopic (exact) mass is 757 g/mol. The SMILES string of the molecule is C1=C2Sc3ccccc3C2CC=C1N(c1ccccc1)c1ccc(C2(c3ccccc3)c3ccccc3C3(c4ccccc4)c4ccccc4-c4cccc2c43)cc1. The van der Waals surface area contributed by atoms with Crippen LogP contribution >= 0.6 is 11.8 Å². The van der Waals surface area contributed by atoms with Gasteiger partial charge in [-0.05, 0) is 109 Å². The maximum Gasteiger partial charge on any atom is 0.0720 e. The molecule has 1 heterocycles. The number of allylic oxidation sites excluding steroid dienone is 3. The number of rotatable bonds is 6. The van der Waals surface area contributed by atoms with Crippen LogP contribution in [-0.2, 0) is 10.8 Å². The Hall–Kier alpha value is -6.61. The summed E-state index contributed by atoms with van der Waals surface area (Å²) in [4.78, 5) is 5.26. The van der Waals surface area contributed by atoms with E-state index < -0.39 is 10.8 Å². The Labute approximate surface area is 344 Å². The van der Waals surface area contributed by atoms with E-state index in [0.29, 0.717) is 5.92 Å². The van der Waals surface area contributed by atoms with Gasteiger partial charge in [0, 0.05) is 27.9 Å². The highest BCUT2D eigenvalue weighted by atomic mass is 32.2. The van der Waals surface area contributed by atoms with Gasteiger partial charge in [0.05, 0.1) is 10.8 Å². The average Bonchev–Trinajstić information content (AvgIpc) is 3.83. The molecule has 0 fully saturated rings. The van der Waals surface area contributed by atoms with Gasteiger partial charge >= 0.3 is 0 Å². The van der Waals surface area contributed by atoms with E-state index in [9.17, 15) is 0 Å². The zero-order valence-corrected chi connectivity index (χ0v) is 32.7. The number of hydrogen-bond donors (Lipinski definition) is 0. The van der Waals surface area contributed by atoms with Crippen molar-refractivity contribution < 1.29 is 0 Å². The summed E-state index contributed by atoms with van der Waals surface area (Å²) in [6.45, 7) is 0. The van der Waals surface area contributed by atoms with Crippen molar-refractivity contribution in [2.24, 2.45) is 0 Å².